The van der Waals surface area contributed by atoms with Crippen LogP contribution in [0.1, 0.15) is 42.2 Å². The summed E-state index contributed by atoms with van der Waals surface area (Å²) in [5, 5.41) is 3.90. The molecule has 0 saturated carbocycles. The number of hydrogen-bond acceptors (Lipinski definition) is 8. The fourth-order valence-electron chi connectivity index (χ4n) is 4.92. The second-order valence-electron chi connectivity index (χ2n) is 8.15. The summed E-state index contributed by atoms with van der Waals surface area (Å²) in [5.74, 6) is 2.01. The molecule has 1 spiro atoms. The van der Waals surface area contributed by atoms with Crippen LogP contribution < -0.4 is 10.5 Å². The summed E-state index contributed by atoms with van der Waals surface area (Å²) in [7, 11) is 0. The molecule has 1 N–H and O–H groups in total. The van der Waals surface area contributed by atoms with Crippen molar-refractivity contribution in [3.05, 3.63) is 33.3 Å². The Morgan fingerprint density at radius 1 is 1.18 bits per heavy atom. The number of ether oxygens (including phenoxy) is 1. The number of nitrogens with zero attached hydrogens (tertiary/aromatic N) is 5. The smallest absolute Gasteiger partial charge is 0.255 e. The predicted octanol–water partition coefficient (Wildman–Crippen LogP) is 0.778. The Kier molecular flexibility index (Phi) is 4.43. The number of rotatable bonds is 3. The van der Waals surface area contributed by atoms with E-state index in [1.165, 1.54) is 0 Å². The van der Waals surface area contributed by atoms with E-state index in [9.17, 15) is 4.79 Å². The Morgan fingerprint density at radius 2 is 2.04 bits per heavy atom. The molecule has 1 atom stereocenters. The van der Waals surface area contributed by atoms with Crippen LogP contribution in [0.3, 0.4) is 0 Å². The van der Waals surface area contributed by atoms with Crippen LogP contribution in [0.25, 0.3) is 0 Å². The SMILES string of the molecule is Cc1noc(CN2CCCC3(CCc4c3nc(N3CCOCC3)[nH]c4=O)C2)n1. The van der Waals surface area contributed by atoms with Crippen LogP contribution in [0.2, 0.25) is 0 Å². The van der Waals surface area contributed by atoms with Gasteiger partial charge < -0.3 is 14.2 Å². The van der Waals surface area contributed by atoms with Crippen molar-refractivity contribution in [3.63, 3.8) is 0 Å². The molecule has 150 valence electrons. The summed E-state index contributed by atoms with van der Waals surface area (Å²) in [6.07, 6.45) is 3.92. The third-order valence-electron chi connectivity index (χ3n) is 6.25. The molecule has 0 amide bonds. The van der Waals surface area contributed by atoms with Gasteiger partial charge in [0.25, 0.3) is 5.56 Å². The number of nitrogens with one attached hydrogen (secondary N) is 1. The number of aromatic nitrogens is 4. The quantitative estimate of drug-likeness (QED) is 0.826. The van der Waals surface area contributed by atoms with Gasteiger partial charge in [0.2, 0.25) is 11.8 Å². The van der Waals surface area contributed by atoms with Crippen molar-refractivity contribution < 1.29 is 9.26 Å². The molecule has 4 heterocycles. The molecule has 2 aromatic rings. The predicted molar refractivity (Wildman–Crippen MR) is 101 cm³/mol. The molecule has 3 aliphatic rings. The van der Waals surface area contributed by atoms with Crippen LogP contribution in [0.15, 0.2) is 9.32 Å². The fourth-order valence-corrected chi connectivity index (χ4v) is 4.92. The summed E-state index contributed by atoms with van der Waals surface area (Å²) in [6, 6.07) is 0. The molecule has 9 nitrogen and oxygen atoms in total. The van der Waals surface area contributed by atoms with Crippen LogP contribution in [-0.4, -0.2) is 64.4 Å². The van der Waals surface area contributed by atoms with Gasteiger partial charge in [0, 0.05) is 30.6 Å². The van der Waals surface area contributed by atoms with Gasteiger partial charge in [-0.25, -0.2) is 4.98 Å². The molecule has 1 aliphatic carbocycles. The monoisotopic (exact) mass is 386 g/mol. The van der Waals surface area contributed by atoms with Crippen molar-refractivity contribution in [2.24, 2.45) is 0 Å². The molecule has 0 aromatic carbocycles. The van der Waals surface area contributed by atoms with E-state index in [-0.39, 0.29) is 11.0 Å². The van der Waals surface area contributed by atoms with E-state index in [1.54, 1.807) is 0 Å². The normalized spacial score (nSPS) is 25.4. The minimum Gasteiger partial charge on any atom is -0.378 e. The standard InChI is InChI=1S/C19H26N6O3/c1-13-20-15(28-23-13)11-24-6-2-4-19(12-24)5-3-14-16(19)21-18(22-17(14)26)25-7-9-27-10-8-25/h2-12H2,1H3,(H,21,22,26). The molecule has 9 heteroatoms. The number of piperidine rings is 1. The van der Waals surface area contributed by atoms with Crippen LogP contribution in [0.5, 0.6) is 0 Å². The van der Waals surface area contributed by atoms with E-state index in [0.29, 0.717) is 37.4 Å². The van der Waals surface area contributed by atoms with Gasteiger partial charge in [-0.15, -0.1) is 0 Å². The summed E-state index contributed by atoms with van der Waals surface area (Å²) in [4.78, 5) is 29.6. The van der Waals surface area contributed by atoms with Gasteiger partial charge in [0.1, 0.15) is 0 Å². The van der Waals surface area contributed by atoms with E-state index in [4.69, 9.17) is 14.2 Å². The minimum atomic E-state index is -0.0576. The maximum atomic E-state index is 12.8. The van der Waals surface area contributed by atoms with Gasteiger partial charge in [-0.3, -0.25) is 14.7 Å². The van der Waals surface area contributed by atoms with E-state index in [0.717, 1.165) is 63.1 Å². The molecule has 1 unspecified atom stereocenters. The van der Waals surface area contributed by atoms with Gasteiger partial charge >= 0.3 is 0 Å². The Morgan fingerprint density at radius 3 is 2.82 bits per heavy atom. The van der Waals surface area contributed by atoms with Gasteiger partial charge in [-0.1, -0.05) is 5.16 Å². The first-order chi connectivity index (χ1) is 13.6. The lowest BCUT2D eigenvalue weighted by Crippen LogP contribution is -2.45. The van der Waals surface area contributed by atoms with Crippen molar-refractivity contribution in [2.75, 3.05) is 44.3 Å². The number of aromatic amines is 1. The number of H-pyrrole nitrogens is 1. The molecule has 2 aromatic heterocycles. The number of morpholine rings is 1. The third-order valence-corrected chi connectivity index (χ3v) is 6.25. The van der Waals surface area contributed by atoms with E-state index in [2.05, 4.69) is 24.9 Å². The van der Waals surface area contributed by atoms with Crippen molar-refractivity contribution >= 4 is 5.95 Å². The van der Waals surface area contributed by atoms with E-state index in [1.807, 2.05) is 6.92 Å². The second-order valence-corrected chi connectivity index (χ2v) is 8.15. The minimum absolute atomic E-state index is 0.0213. The Balaban J connectivity index is 1.43. The van der Waals surface area contributed by atoms with Gasteiger partial charge in [0.15, 0.2) is 5.82 Å². The summed E-state index contributed by atoms with van der Waals surface area (Å²) in [5.41, 5.74) is 1.84. The third kappa shape index (κ3) is 3.12. The highest BCUT2D eigenvalue weighted by Crippen LogP contribution is 2.43. The maximum Gasteiger partial charge on any atom is 0.255 e. The lowest BCUT2D eigenvalue weighted by Gasteiger charge is -2.40. The highest BCUT2D eigenvalue weighted by molar-refractivity contribution is 5.40. The van der Waals surface area contributed by atoms with E-state index >= 15 is 0 Å². The number of anilines is 1. The number of likely N-dealkylation sites (tertiary alicyclic amines) is 1. The number of hydrogen-bond donors (Lipinski definition) is 1. The molecular formula is C19H26N6O3. The largest absolute Gasteiger partial charge is 0.378 e. The topological polar surface area (TPSA) is 100 Å². The molecular weight excluding hydrogens is 360 g/mol. The molecule has 2 saturated heterocycles. The first-order valence-corrected chi connectivity index (χ1v) is 10.1. The molecule has 28 heavy (non-hydrogen) atoms. The maximum absolute atomic E-state index is 12.8. The first kappa shape index (κ1) is 17.8. The average Bonchev–Trinajstić information content (AvgIpc) is 3.27. The molecule has 0 radical (unpaired) electrons. The van der Waals surface area contributed by atoms with Crippen LogP contribution in [0.4, 0.5) is 5.95 Å². The lowest BCUT2D eigenvalue weighted by atomic mass is 9.77. The van der Waals surface area contributed by atoms with Gasteiger partial charge in [-0.2, -0.15) is 4.98 Å². The fraction of sp³-hybridized carbons (Fsp3) is 0.684. The lowest BCUT2D eigenvalue weighted by molar-refractivity contribution is 0.120. The molecule has 2 fully saturated rings. The average molecular weight is 386 g/mol. The summed E-state index contributed by atoms with van der Waals surface area (Å²) >= 11 is 0. The number of fused-ring (bicyclic) bond motifs is 2. The van der Waals surface area contributed by atoms with Crippen LogP contribution in [0, 0.1) is 6.92 Å². The summed E-state index contributed by atoms with van der Waals surface area (Å²) in [6.45, 7) is 7.22. The van der Waals surface area contributed by atoms with Crippen molar-refractivity contribution in [3.8, 4) is 0 Å². The highest BCUT2D eigenvalue weighted by atomic mass is 16.5. The Bertz CT molecular complexity index is 919. The van der Waals surface area contributed by atoms with Crippen molar-refractivity contribution in [1.82, 2.24) is 25.0 Å². The van der Waals surface area contributed by atoms with Gasteiger partial charge in [0.05, 0.1) is 25.5 Å². The first-order valence-electron chi connectivity index (χ1n) is 10.1. The van der Waals surface area contributed by atoms with Crippen molar-refractivity contribution in [2.45, 2.75) is 44.6 Å². The Labute approximate surface area is 163 Å². The highest BCUT2D eigenvalue weighted by Gasteiger charge is 2.45. The van der Waals surface area contributed by atoms with Crippen LogP contribution in [-0.2, 0) is 23.1 Å². The second kappa shape index (κ2) is 6.97. The molecule has 2 aliphatic heterocycles. The Hall–Kier alpha value is -2.26. The van der Waals surface area contributed by atoms with Crippen LogP contribution >= 0.6 is 0 Å². The van der Waals surface area contributed by atoms with E-state index < -0.39 is 0 Å². The zero-order valence-corrected chi connectivity index (χ0v) is 16.2. The molecule has 0 bridgehead atoms. The summed E-state index contributed by atoms with van der Waals surface area (Å²) < 4.78 is 10.8. The number of aryl methyl sites for hydroxylation is 1. The molecule has 5 rings (SSSR count). The van der Waals surface area contributed by atoms with Gasteiger partial charge in [-0.05, 0) is 39.2 Å². The zero-order chi connectivity index (χ0) is 19.1. The zero-order valence-electron chi connectivity index (χ0n) is 16.2. The van der Waals surface area contributed by atoms with Crippen molar-refractivity contribution in [1.29, 1.82) is 0 Å².